The molecular weight excluding hydrogens is 264 g/mol. The van der Waals surface area contributed by atoms with Crippen molar-refractivity contribution in [2.75, 3.05) is 6.61 Å². The normalized spacial score (nSPS) is 11.7. The van der Waals surface area contributed by atoms with Gasteiger partial charge in [-0.05, 0) is 18.1 Å². The second-order valence-corrected chi connectivity index (χ2v) is 4.72. The fraction of sp³-hybridized carbons (Fsp3) is 0.222. The first-order valence-electron chi connectivity index (χ1n) is 7.00. The Hall–Kier alpha value is -2.42. The summed E-state index contributed by atoms with van der Waals surface area (Å²) in [6.07, 6.45) is 0.221. The summed E-state index contributed by atoms with van der Waals surface area (Å²) < 4.78 is 5.06. The van der Waals surface area contributed by atoms with Crippen molar-refractivity contribution in [3.63, 3.8) is 0 Å². The molecule has 0 aliphatic rings. The number of esters is 1. The molecule has 0 saturated heterocycles. The van der Waals surface area contributed by atoms with Gasteiger partial charge in [-0.2, -0.15) is 0 Å². The smallest absolute Gasteiger partial charge is 0.321 e. The number of rotatable bonds is 6. The van der Waals surface area contributed by atoms with Crippen LogP contribution in [0.5, 0.6) is 0 Å². The molecule has 1 atom stereocenters. The zero-order valence-electron chi connectivity index (χ0n) is 12.0. The highest BCUT2D eigenvalue weighted by Gasteiger charge is 2.29. The molecule has 0 saturated carbocycles. The molecule has 0 heterocycles. The molecule has 0 unspecified atom stereocenters. The number of hydrogen-bond acceptors (Lipinski definition) is 3. The van der Waals surface area contributed by atoms with Crippen LogP contribution in [0.25, 0.3) is 0 Å². The molecule has 2 aromatic rings. The van der Waals surface area contributed by atoms with Gasteiger partial charge in [-0.1, -0.05) is 60.7 Å². The van der Waals surface area contributed by atoms with Gasteiger partial charge in [-0.3, -0.25) is 9.59 Å². The maximum absolute atomic E-state index is 12.5. The van der Waals surface area contributed by atoms with Crippen molar-refractivity contribution >= 4 is 11.8 Å². The first-order chi connectivity index (χ1) is 10.2. The Labute approximate surface area is 124 Å². The highest BCUT2D eigenvalue weighted by molar-refractivity contribution is 6.05. The molecule has 0 aliphatic heterocycles. The summed E-state index contributed by atoms with van der Waals surface area (Å²) in [6.45, 7) is 2.00. The van der Waals surface area contributed by atoms with Crippen LogP contribution in [0.4, 0.5) is 0 Å². The number of carbonyl (C=O) groups excluding carboxylic acids is 2. The van der Waals surface area contributed by atoms with Crippen LogP contribution in [0, 0.1) is 0 Å². The minimum atomic E-state index is -0.855. The number of Topliss-reactive ketones (excluding diaryl/α,β-unsaturated/α-hetero) is 1. The van der Waals surface area contributed by atoms with E-state index in [9.17, 15) is 9.59 Å². The average Bonchev–Trinajstić information content (AvgIpc) is 2.50. The molecule has 0 N–H and O–H groups in total. The molecule has 108 valence electrons. The van der Waals surface area contributed by atoms with E-state index in [1.165, 1.54) is 0 Å². The highest BCUT2D eigenvalue weighted by Crippen LogP contribution is 2.20. The first kappa shape index (κ1) is 15.0. The lowest BCUT2D eigenvalue weighted by Gasteiger charge is -2.15. The van der Waals surface area contributed by atoms with Gasteiger partial charge < -0.3 is 4.74 Å². The quantitative estimate of drug-likeness (QED) is 0.604. The fourth-order valence-electron chi connectivity index (χ4n) is 2.22. The van der Waals surface area contributed by atoms with Crippen molar-refractivity contribution in [2.45, 2.75) is 19.3 Å². The number of benzene rings is 2. The summed E-state index contributed by atoms with van der Waals surface area (Å²) in [5, 5.41) is 0. The summed E-state index contributed by atoms with van der Waals surface area (Å²) in [7, 11) is 0. The minimum absolute atomic E-state index is 0.147. The molecule has 0 amide bonds. The Morgan fingerprint density at radius 1 is 0.952 bits per heavy atom. The molecule has 2 aromatic carbocycles. The number of ether oxygens (including phenoxy) is 1. The van der Waals surface area contributed by atoms with Crippen LogP contribution in [-0.4, -0.2) is 18.4 Å². The third-order valence-electron chi connectivity index (χ3n) is 3.20. The Bertz CT molecular complexity index is 590. The Kier molecular flexibility index (Phi) is 5.27. The van der Waals surface area contributed by atoms with Crippen LogP contribution in [0.1, 0.15) is 24.0 Å². The van der Waals surface area contributed by atoms with Gasteiger partial charge in [0.05, 0.1) is 6.61 Å². The van der Waals surface area contributed by atoms with Crippen LogP contribution in [0.15, 0.2) is 60.7 Å². The van der Waals surface area contributed by atoms with Gasteiger partial charge in [0.2, 0.25) is 0 Å². The lowest BCUT2D eigenvalue weighted by atomic mass is 9.91. The average molecular weight is 282 g/mol. The van der Waals surface area contributed by atoms with Gasteiger partial charge in [-0.25, -0.2) is 0 Å². The van der Waals surface area contributed by atoms with Crippen molar-refractivity contribution in [2.24, 2.45) is 0 Å². The van der Waals surface area contributed by atoms with E-state index in [4.69, 9.17) is 4.74 Å². The van der Waals surface area contributed by atoms with Crippen molar-refractivity contribution < 1.29 is 14.3 Å². The van der Waals surface area contributed by atoms with Crippen LogP contribution < -0.4 is 0 Å². The standard InChI is InChI=1S/C18H18O3/c1-2-21-18(20)17(15-11-7-4-8-12-15)16(19)13-14-9-5-3-6-10-14/h3-12,17H,2,13H2,1H3/t17-/m1/s1. The zero-order chi connectivity index (χ0) is 15.1. The second-order valence-electron chi connectivity index (χ2n) is 4.72. The molecule has 3 heteroatoms. The van der Waals surface area contributed by atoms with Gasteiger partial charge in [0.25, 0.3) is 0 Å². The van der Waals surface area contributed by atoms with Crippen molar-refractivity contribution in [3.8, 4) is 0 Å². The monoisotopic (exact) mass is 282 g/mol. The first-order valence-corrected chi connectivity index (χ1v) is 7.00. The van der Waals surface area contributed by atoms with Crippen LogP contribution in [0.2, 0.25) is 0 Å². The SMILES string of the molecule is CCOC(=O)[C@@H](C(=O)Cc1ccccc1)c1ccccc1. The number of carbonyl (C=O) groups is 2. The summed E-state index contributed by atoms with van der Waals surface area (Å²) >= 11 is 0. The van der Waals surface area contributed by atoms with E-state index >= 15 is 0 Å². The molecule has 0 spiro atoms. The van der Waals surface area contributed by atoms with Gasteiger partial charge in [0, 0.05) is 6.42 Å². The summed E-state index contributed by atoms with van der Waals surface area (Å²) in [5.41, 5.74) is 1.57. The second kappa shape index (κ2) is 7.39. The third-order valence-corrected chi connectivity index (χ3v) is 3.20. The molecule has 3 nitrogen and oxygen atoms in total. The fourth-order valence-corrected chi connectivity index (χ4v) is 2.22. The van der Waals surface area contributed by atoms with Crippen molar-refractivity contribution in [3.05, 3.63) is 71.8 Å². The molecule has 0 bridgehead atoms. The highest BCUT2D eigenvalue weighted by atomic mass is 16.5. The lowest BCUT2D eigenvalue weighted by molar-refractivity contribution is -0.147. The van der Waals surface area contributed by atoms with Gasteiger partial charge in [0.1, 0.15) is 5.92 Å². The molecule has 0 radical (unpaired) electrons. The van der Waals surface area contributed by atoms with E-state index < -0.39 is 11.9 Å². The molecule has 2 rings (SSSR count). The van der Waals surface area contributed by atoms with E-state index in [-0.39, 0.29) is 18.8 Å². The largest absolute Gasteiger partial charge is 0.465 e. The zero-order valence-corrected chi connectivity index (χ0v) is 12.0. The van der Waals surface area contributed by atoms with Crippen LogP contribution in [0.3, 0.4) is 0 Å². The number of hydrogen-bond donors (Lipinski definition) is 0. The molecule has 0 aromatic heterocycles. The topological polar surface area (TPSA) is 43.4 Å². The van der Waals surface area contributed by atoms with E-state index in [1.54, 1.807) is 19.1 Å². The van der Waals surface area contributed by atoms with Gasteiger partial charge in [0.15, 0.2) is 5.78 Å². The molecular formula is C18H18O3. The van der Waals surface area contributed by atoms with E-state index in [1.807, 2.05) is 48.5 Å². The van der Waals surface area contributed by atoms with Crippen molar-refractivity contribution in [1.82, 2.24) is 0 Å². The minimum Gasteiger partial charge on any atom is -0.465 e. The Balaban J connectivity index is 2.23. The lowest BCUT2D eigenvalue weighted by Crippen LogP contribution is -2.25. The van der Waals surface area contributed by atoms with Crippen LogP contribution in [-0.2, 0) is 20.7 Å². The molecule has 21 heavy (non-hydrogen) atoms. The predicted molar refractivity (Wildman–Crippen MR) is 81.0 cm³/mol. The van der Waals surface area contributed by atoms with Gasteiger partial charge in [-0.15, -0.1) is 0 Å². The van der Waals surface area contributed by atoms with Gasteiger partial charge >= 0.3 is 5.97 Å². The Morgan fingerprint density at radius 3 is 2.10 bits per heavy atom. The molecule has 0 aliphatic carbocycles. The Morgan fingerprint density at radius 2 is 1.52 bits per heavy atom. The maximum atomic E-state index is 12.5. The maximum Gasteiger partial charge on any atom is 0.321 e. The summed E-state index contributed by atoms with van der Waals surface area (Å²) in [5.74, 6) is -1.48. The van der Waals surface area contributed by atoms with Crippen molar-refractivity contribution in [1.29, 1.82) is 0 Å². The van der Waals surface area contributed by atoms with E-state index in [2.05, 4.69) is 0 Å². The summed E-state index contributed by atoms with van der Waals surface area (Å²) in [4.78, 5) is 24.7. The number of ketones is 1. The molecule has 0 fully saturated rings. The predicted octanol–water partition coefficient (Wildman–Crippen LogP) is 3.15. The van der Waals surface area contributed by atoms with E-state index in [0.717, 1.165) is 5.56 Å². The van der Waals surface area contributed by atoms with E-state index in [0.29, 0.717) is 5.56 Å². The van der Waals surface area contributed by atoms with Crippen LogP contribution >= 0.6 is 0 Å². The third kappa shape index (κ3) is 4.02. The summed E-state index contributed by atoms with van der Waals surface area (Å²) in [6, 6.07) is 18.5.